The van der Waals surface area contributed by atoms with Crippen molar-refractivity contribution >= 4 is 41.3 Å². The first kappa shape index (κ1) is 21.9. The number of anilines is 1. The number of amides is 1. The van der Waals surface area contributed by atoms with E-state index in [2.05, 4.69) is 4.36 Å². The molecule has 168 valence electrons. The molecule has 4 rings (SSSR count). The van der Waals surface area contributed by atoms with Crippen LogP contribution < -0.4 is 10.6 Å². The summed E-state index contributed by atoms with van der Waals surface area (Å²) in [4.78, 5) is 39.8. The topological polar surface area (TPSA) is 174 Å². The van der Waals surface area contributed by atoms with E-state index in [1.807, 2.05) is 0 Å². The smallest absolute Gasteiger partial charge is 0.255 e. The third-order valence-electron chi connectivity index (χ3n) is 6.60. The molecule has 0 aliphatic heterocycles. The summed E-state index contributed by atoms with van der Waals surface area (Å²) in [6.07, 6.45) is 0.0197. The molecule has 0 bridgehead atoms. The minimum absolute atomic E-state index is 0.000601. The molecule has 1 aromatic rings. The standard InChI is InChI=1S/C21H21N3O7S/c1-24(2)11-6-10(23-32)16(26)14-9(11)4-7-3-8-5-12(25)15(20(22)30)19(29)21(8,31)18(28)13(7)17(14)27/h6-8,25-26,28,31H,3-5H2,1-2H3,(H2,22,30)/t7-,8+,21+/m1/s1. The van der Waals surface area contributed by atoms with Crippen LogP contribution in [0.25, 0.3) is 0 Å². The number of benzene rings is 1. The second-order valence-electron chi connectivity index (χ2n) is 8.51. The lowest BCUT2D eigenvalue weighted by atomic mass is 9.60. The molecule has 6 N–H and O–H groups in total. The highest BCUT2D eigenvalue weighted by Gasteiger charge is 2.59. The summed E-state index contributed by atoms with van der Waals surface area (Å²) in [5.41, 5.74) is 2.58. The van der Waals surface area contributed by atoms with Crippen LogP contribution in [0.3, 0.4) is 0 Å². The molecule has 0 fully saturated rings. The zero-order valence-corrected chi connectivity index (χ0v) is 18.1. The van der Waals surface area contributed by atoms with Gasteiger partial charge in [-0.05, 0) is 30.4 Å². The Kier molecular flexibility index (Phi) is 4.86. The monoisotopic (exact) mass is 459 g/mol. The molecular formula is C21H21N3O7S. The molecule has 32 heavy (non-hydrogen) atoms. The number of primary amides is 1. The van der Waals surface area contributed by atoms with Crippen molar-refractivity contribution in [3.8, 4) is 5.75 Å². The maximum atomic E-state index is 13.5. The van der Waals surface area contributed by atoms with E-state index in [-0.39, 0.29) is 36.1 Å². The zero-order chi connectivity index (χ0) is 23.7. The van der Waals surface area contributed by atoms with Gasteiger partial charge >= 0.3 is 0 Å². The van der Waals surface area contributed by atoms with Crippen LogP contribution in [0.5, 0.6) is 5.75 Å². The highest BCUT2D eigenvalue weighted by atomic mass is 32.1. The molecule has 0 unspecified atom stereocenters. The highest BCUT2D eigenvalue weighted by Crippen LogP contribution is 2.53. The number of aliphatic hydroxyl groups excluding tert-OH is 2. The largest absolute Gasteiger partial charge is 0.511 e. The highest BCUT2D eigenvalue weighted by molar-refractivity contribution is 7.47. The van der Waals surface area contributed by atoms with Crippen molar-refractivity contribution < 1.29 is 34.8 Å². The van der Waals surface area contributed by atoms with Crippen molar-refractivity contribution in [3.63, 3.8) is 0 Å². The van der Waals surface area contributed by atoms with Gasteiger partial charge in [0.25, 0.3) is 5.91 Å². The lowest BCUT2D eigenvalue weighted by molar-refractivity contribution is -0.144. The summed E-state index contributed by atoms with van der Waals surface area (Å²) in [6.45, 7) is 0. The van der Waals surface area contributed by atoms with Crippen molar-refractivity contribution in [2.45, 2.75) is 24.9 Å². The number of carbonyl (C=O) groups is 3. The predicted octanol–water partition coefficient (Wildman–Crippen LogP) is 1.01. The number of phenolic OH excluding ortho intramolecular Hbond substituents is 1. The second-order valence-corrected chi connectivity index (χ2v) is 8.70. The molecular weight excluding hydrogens is 438 g/mol. The van der Waals surface area contributed by atoms with Crippen LogP contribution in [0.15, 0.2) is 33.1 Å². The van der Waals surface area contributed by atoms with E-state index in [4.69, 9.17) is 18.2 Å². The molecule has 1 amide bonds. The molecule has 0 spiro atoms. The molecule has 0 heterocycles. The van der Waals surface area contributed by atoms with Crippen LogP contribution in [-0.4, -0.2) is 57.6 Å². The maximum absolute atomic E-state index is 13.5. The first-order valence-corrected chi connectivity index (χ1v) is 10.2. The number of aromatic hydroxyl groups is 1. The van der Waals surface area contributed by atoms with Crippen molar-refractivity contribution in [3.05, 3.63) is 39.9 Å². The van der Waals surface area contributed by atoms with E-state index in [0.717, 1.165) is 0 Å². The number of hydrogen-bond acceptors (Lipinski definition) is 10. The SMILES string of the molecule is CN(C)c1cc(N=S)c(O)c2c1C[C@H]1C[C@H]3CC(O)=C(C(N)=O)C(=O)[C@@]3(O)C(O)=C1C2=O. The summed E-state index contributed by atoms with van der Waals surface area (Å²) in [6, 6.07) is 1.56. The fourth-order valence-corrected chi connectivity index (χ4v) is 5.26. The van der Waals surface area contributed by atoms with Gasteiger partial charge in [0, 0.05) is 50.1 Å². The number of ketones is 2. The molecule has 0 saturated heterocycles. The Balaban J connectivity index is 1.96. The zero-order valence-electron chi connectivity index (χ0n) is 17.2. The third kappa shape index (κ3) is 2.71. The molecule has 11 heteroatoms. The van der Waals surface area contributed by atoms with E-state index in [1.165, 1.54) is 0 Å². The van der Waals surface area contributed by atoms with E-state index in [0.29, 0.717) is 11.3 Å². The number of carbonyl (C=O) groups excluding carboxylic acids is 3. The van der Waals surface area contributed by atoms with Crippen molar-refractivity contribution in [2.75, 3.05) is 19.0 Å². The van der Waals surface area contributed by atoms with E-state index < -0.39 is 57.8 Å². The van der Waals surface area contributed by atoms with E-state index in [1.54, 1.807) is 25.1 Å². The number of phenols is 1. The predicted molar refractivity (Wildman–Crippen MR) is 115 cm³/mol. The summed E-state index contributed by atoms with van der Waals surface area (Å²) < 4.78 is 3.59. The number of allylic oxidation sites excluding steroid dienone is 2. The molecule has 10 nitrogen and oxygen atoms in total. The Morgan fingerprint density at radius 3 is 2.47 bits per heavy atom. The summed E-state index contributed by atoms with van der Waals surface area (Å²) in [7, 11) is 3.50. The van der Waals surface area contributed by atoms with Gasteiger partial charge in [-0.1, -0.05) is 0 Å². The minimum Gasteiger partial charge on any atom is -0.511 e. The fourth-order valence-electron chi connectivity index (χ4n) is 5.12. The van der Waals surface area contributed by atoms with Crippen LogP contribution >= 0.6 is 0 Å². The average Bonchev–Trinajstić information content (AvgIpc) is 2.70. The second kappa shape index (κ2) is 7.10. The molecule has 0 aromatic heterocycles. The van der Waals surface area contributed by atoms with Crippen molar-refractivity contribution in [2.24, 2.45) is 21.9 Å². The first-order chi connectivity index (χ1) is 14.9. The Bertz CT molecular complexity index is 1190. The van der Waals surface area contributed by atoms with Crippen LogP contribution in [0.2, 0.25) is 0 Å². The number of nitrogens with two attached hydrogens (primary N) is 1. The summed E-state index contributed by atoms with van der Waals surface area (Å²) >= 11 is 4.71. The Morgan fingerprint density at radius 2 is 1.91 bits per heavy atom. The van der Waals surface area contributed by atoms with Crippen LogP contribution in [0, 0.1) is 11.8 Å². The Hall–Kier alpha value is -3.31. The number of nitrogens with zero attached hydrogens (tertiary/aromatic N) is 2. The summed E-state index contributed by atoms with van der Waals surface area (Å²) in [5.74, 6) is -6.74. The Morgan fingerprint density at radius 1 is 1.25 bits per heavy atom. The van der Waals surface area contributed by atoms with Gasteiger partial charge in [-0.3, -0.25) is 14.4 Å². The van der Waals surface area contributed by atoms with Crippen LogP contribution in [0.1, 0.15) is 28.8 Å². The quantitative estimate of drug-likeness (QED) is 0.413. The number of rotatable bonds is 3. The van der Waals surface area contributed by atoms with Gasteiger partial charge in [0.2, 0.25) is 5.78 Å². The first-order valence-electron chi connectivity index (χ1n) is 9.81. The molecule has 3 aliphatic carbocycles. The molecule has 0 saturated carbocycles. The lowest BCUT2D eigenvalue weighted by Crippen LogP contribution is -2.57. The van der Waals surface area contributed by atoms with E-state index >= 15 is 0 Å². The van der Waals surface area contributed by atoms with E-state index in [9.17, 15) is 34.8 Å². The molecule has 3 atom stereocenters. The fraction of sp³-hybridized carbons (Fsp3) is 0.381. The number of fused-ring (bicyclic) bond motifs is 3. The summed E-state index contributed by atoms with van der Waals surface area (Å²) in [5, 5.41) is 43.1. The number of aliphatic hydroxyl groups is 3. The van der Waals surface area contributed by atoms with Gasteiger partial charge in [0.05, 0.1) is 5.56 Å². The van der Waals surface area contributed by atoms with Gasteiger partial charge in [-0.2, -0.15) is 4.36 Å². The third-order valence-corrected chi connectivity index (χ3v) is 6.80. The van der Waals surface area contributed by atoms with Gasteiger partial charge in [0.15, 0.2) is 17.1 Å². The Labute approximate surface area is 187 Å². The van der Waals surface area contributed by atoms with Crippen LogP contribution in [-0.2, 0) is 28.4 Å². The van der Waals surface area contributed by atoms with Gasteiger partial charge < -0.3 is 31.1 Å². The van der Waals surface area contributed by atoms with Gasteiger partial charge in [-0.25, -0.2) is 0 Å². The lowest BCUT2D eigenvalue weighted by Gasteiger charge is -2.45. The minimum atomic E-state index is -2.59. The maximum Gasteiger partial charge on any atom is 0.255 e. The molecule has 3 aliphatic rings. The van der Waals surface area contributed by atoms with Crippen molar-refractivity contribution in [1.29, 1.82) is 0 Å². The van der Waals surface area contributed by atoms with Crippen LogP contribution in [0.4, 0.5) is 11.4 Å². The van der Waals surface area contributed by atoms with Crippen molar-refractivity contribution in [1.82, 2.24) is 0 Å². The van der Waals surface area contributed by atoms with Gasteiger partial charge in [0.1, 0.15) is 22.8 Å². The van der Waals surface area contributed by atoms with Gasteiger partial charge in [-0.15, -0.1) is 0 Å². The molecule has 1 aromatic carbocycles. The average molecular weight is 459 g/mol. The number of Topliss-reactive ketones (excluding diaryl/α,β-unsaturated/α-hetero) is 2. The number of hydrogen-bond donors (Lipinski definition) is 5. The normalized spacial score (nSPS) is 27.0. The molecule has 0 radical (unpaired) electrons.